The molecule has 0 amide bonds. The number of nitrogens with zero attached hydrogens (tertiary/aromatic N) is 1. The average molecular weight is 238 g/mol. The molecule has 1 saturated carbocycles. The lowest BCUT2D eigenvalue weighted by atomic mass is 9.98. The Bertz CT molecular complexity index is 246. The van der Waals surface area contributed by atoms with Gasteiger partial charge < -0.3 is 10.5 Å². The second-order valence-electron chi connectivity index (χ2n) is 3.78. The Morgan fingerprint density at radius 3 is 2.18 bits per heavy atom. The zero-order valence-electron chi connectivity index (χ0n) is 11.4. The van der Waals surface area contributed by atoms with Crippen LogP contribution >= 0.6 is 0 Å². The first-order valence-corrected chi connectivity index (χ1v) is 6.51. The van der Waals surface area contributed by atoms with E-state index in [4.69, 9.17) is 10.5 Å². The summed E-state index contributed by atoms with van der Waals surface area (Å²) in [6.45, 7) is 4.00. The number of pyridine rings is 1. The average Bonchev–Trinajstić information content (AvgIpc) is 2.43. The molecule has 2 N–H and O–H groups in total. The highest BCUT2D eigenvalue weighted by atomic mass is 16.5. The predicted molar refractivity (Wildman–Crippen MR) is 73.9 cm³/mol. The van der Waals surface area contributed by atoms with Crippen LogP contribution in [0.4, 0.5) is 5.69 Å². The van der Waals surface area contributed by atoms with Crippen molar-refractivity contribution in [1.82, 2.24) is 4.98 Å². The van der Waals surface area contributed by atoms with Gasteiger partial charge in [-0.2, -0.15) is 0 Å². The number of hydrogen-bond donors (Lipinski definition) is 1. The Balaban J connectivity index is 0.000000265. The van der Waals surface area contributed by atoms with E-state index in [1.807, 2.05) is 21.0 Å². The van der Waals surface area contributed by atoms with Gasteiger partial charge in [-0.1, -0.05) is 33.1 Å². The van der Waals surface area contributed by atoms with Gasteiger partial charge in [-0.3, -0.25) is 4.98 Å². The summed E-state index contributed by atoms with van der Waals surface area (Å²) in [5.74, 6) is 0. The van der Waals surface area contributed by atoms with Gasteiger partial charge in [0.1, 0.15) is 0 Å². The lowest BCUT2D eigenvalue weighted by Crippen LogP contribution is -2.13. The van der Waals surface area contributed by atoms with E-state index in [0.29, 0.717) is 11.8 Å². The second kappa shape index (κ2) is 11.4. The summed E-state index contributed by atoms with van der Waals surface area (Å²) in [6, 6.07) is 3.60. The van der Waals surface area contributed by atoms with E-state index in [9.17, 15) is 0 Å². The number of rotatable bonds is 1. The molecule has 1 heterocycles. The van der Waals surface area contributed by atoms with Gasteiger partial charge in [0.2, 0.25) is 0 Å². The number of nitrogens with two attached hydrogens (primary N) is 1. The second-order valence-corrected chi connectivity index (χ2v) is 3.78. The van der Waals surface area contributed by atoms with E-state index in [1.165, 1.54) is 32.1 Å². The first kappa shape index (κ1) is 15.9. The zero-order chi connectivity index (χ0) is 12.9. The lowest BCUT2D eigenvalue weighted by Gasteiger charge is -2.19. The van der Waals surface area contributed by atoms with E-state index >= 15 is 0 Å². The van der Waals surface area contributed by atoms with Crippen LogP contribution in [0.25, 0.3) is 0 Å². The van der Waals surface area contributed by atoms with Crippen LogP contribution in [0.15, 0.2) is 24.5 Å². The van der Waals surface area contributed by atoms with E-state index in [0.717, 1.165) is 0 Å². The summed E-state index contributed by atoms with van der Waals surface area (Å²) in [5.41, 5.74) is 6.01. The summed E-state index contributed by atoms with van der Waals surface area (Å²) in [5, 5.41) is 0. The summed E-state index contributed by atoms with van der Waals surface area (Å²) in [6.07, 6.45) is 10.6. The fourth-order valence-electron chi connectivity index (χ4n) is 1.68. The lowest BCUT2D eigenvalue weighted by molar-refractivity contribution is 0.0710. The standard InChI is InChI=1S/C7H14O.C5H6N2.C2H6/c1-8-7-5-3-2-4-6-7;6-5-2-1-3-7-4-5;1-2/h7H,2-6H2,1H3;1-4H,6H2;1-2H3. The highest BCUT2D eigenvalue weighted by molar-refractivity contribution is 5.32. The third-order valence-electron chi connectivity index (χ3n) is 2.57. The molecule has 1 aliphatic rings. The molecule has 1 aliphatic carbocycles. The number of ether oxygens (including phenoxy) is 1. The van der Waals surface area contributed by atoms with Crippen molar-refractivity contribution in [3.05, 3.63) is 24.5 Å². The number of methoxy groups -OCH3 is 1. The molecule has 0 atom stereocenters. The van der Waals surface area contributed by atoms with E-state index in [2.05, 4.69) is 4.98 Å². The van der Waals surface area contributed by atoms with Crippen molar-refractivity contribution in [3.63, 3.8) is 0 Å². The van der Waals surface area contributed by atoms with Crippen molar-refractivity contribution >= 4 is 5.69 Å². The molecule has 0 bridgehead atoms. The van der Waals surface area contributed by atoms with Crippen molar-refractivity contribution in [3.8, 4) is 0 Å². The predicted octanol–water partition coefficient (Wildman–Crippen LogP) is 3.66. The van der Waals surface area contributed by atoms with Crippen molar-refractivity contribution < 1.29 is 4.74 Å². The largest absolute Gasteiger partial charge is 0.397 e. The summed E-state index contributed by atoms with van der Waals surface area (Å²) in [7, 11) is 1.82. The number of aromatic nitrogens is 1. The van der Waals surface area contributed by atoms with Crippen LogP contribution in [0.3, 0.4) is 0 Å². The number of nitrogen functional groups attached to an aromatic ring is 1. The Hall–Kier alpha value is -1.09. The van der Waals surface area contributed by atoms with Gasteiger partial charge in [-0.05, 0) is 25.0 Å². The molecule has 0 spiro atoms. The summed E-state index contributed by atoms with van der Waals surface area (Å²) in [4.78, 5) is 3.76. The first-order chi connectivity index (χ1) is 8.33. The molecule has 0 aliphatic heterocycles. The highest BCUT2D eigenvalue weighted by Crippen LogP contribution is 2.18. The smallest absolute Gasteiger partial charge is 0.0571 e. The zero-order valence-corrected chi connectivity index (χ0v) is 11.4. The molecule has 1 aromatic heterocycles. The third kappa shape index (κ3) is 8.69. The molecule has 0 unspecified atom stereocenters. The molecule has 98 valence electrons. The Labute approximate surface area is 105 Å². The molecule has 3 nitrogen and oxygen atoms in total. The van der Waals surface area contributed by atoms with Crippen LogP contribution in [-0.4, -0.2) is 18.2 Å². The van der Waals surface area contributed by atoms with Gasteiger partial charge in [-0.15, -0.1) is 0 Å². The molecule has 2 rings (SSSR count). The van der Waals surface area contributed by atoms with E-state index in [1.54, 1.807) is 24.5 Å². The molecular weight excluding hydrogens is 212 g/mol. The van der Waals surface area contributed by atoms with Crippen molar-refractivity contribution in [2.24, 2.45) is 0 Å². The van der Waals surface area contributed by atoms with Crippen molar-refractivity contribution in [1.29, 1.82) is 0 Å². The first-order valence-electron chi connectivity index (χ1n) is 6.51. The SMILES string of the molecule is CC.COC1CCCCC1.Nc1cccnc1. The van der Waals surface area contributed by atoms with Crippen LogP contribution in [-0.2, 0) is 4.74 Å². The van der Waals surface area contributed by atoms with Gasteiger partial charge in [-0.25, -0.2) is 0 Å². The van der Waals surface area contributed by atoms with Crippen LogP contribution in [0, 0.1) is 0 Å². The summed E-state index contributed by atoms with van der Waals surface area (Å²) >= 11 is 0. The minimum Gasteiger partial charge on any atom is -0.397 e. The van der Waals surface area contributed by atoms with Crippen LogP contribution in [0.2, 0.25) is 0 Å². The van der Waals surface area contributed by atoms with Gasteiger partial charge >= 0.3 is 0 Å². The molecule has 1 aromatic rings. The Kier molecular flexibility index (Phi) is 10.7. The van der Waals surface area contributed by atoms with Crippen LogP contribution in [0.5, 0.6) is 0 Å². The summed E-state index contributed by atoms with van der Waals surface area (Å²) < 4.78 is 5.19. The van der Waals surface area contributed by atoms with E-state index < -0.39 is 0 Å². The molecule has 0 radical (unpaired) electrons. The van der Waals surface area contributed by atoms with Crippen molar-refractivity contribution in [2.75, 3.05) is 12.8 Å². The van der Waals surface area contributed by atoms with Gasteiger partial charge in [0.05, 0.1) is 11.8 Å². The quantitative estimate of drug-likeness (QED) is 0.812. The molecule has 3 heteroatoms. The van der Waals surface area contributed by atoms with E-state index in [-0.39, 0.29) is 0 Å². The fourth-order valence-corrected chi connectivity index (χ4v) is 1.68. The minimum absolute atomic E-state index is 0.587. The fraction of sp³-hybridized carbons (Fsp3) is 0.643. The normalized spacial score (nSPS) is 15.0. The number of anilines is 1. The molecule has 0 aromatic carbocycles. The molecule has 17 heavy (non-hydrogen) atoms. The van der Waals surface area contributed by atoms with Crippen LogP contribution in [0.1, 0.15) is 46.0 Å². The van der Waals surface area contributed by atoms with Gasteiger partial charge in [0.25, 0.3) is 0 Å². The maximum absolute atomic E-state index is 5.30. The molecule has 1 fully saturated rings. The number of hydrogen-bond acceptors (Lipinski definition) is 3. The molecule has 0 saturated heterocycles. The topological polar surface area (TPSA) is 48.1 Å². The maximum Gasteiger partial charge on any atom is 0.0571 e. The third-order valence-corrected chi connectivity index (χ3v) is 2.57. The highest BCUT2D eigenvalue weighted by Gasteiger charge is 2.10. The van der Waals surface area contributed by atoms with Gasteiger partial charge in [0, 0.05) is 19.5 Å². The minimum atomic E-state index is 0.587. The van der Waals surface area contributed by atoms with Crippen LogP contribution < -0.4 is 5.73 Å². The molecular formula is C14H26N2O. The Morgan fingerprint density at radius 1 is 1.24 bits per heavy atom. The monoisotopic (exact) mass is 238 g/mol. The van der Waals surface area contributed by atoms with Gasteiger partial charge in [0.15, 0.2) is 0 Å². The Morgan fingerprint density at radius 2 is 1.88 bits per heavy atom. The van der Waals surface area contributed by atoms with Crippen molar-refractivity contribution in [2.45, 2.75) is 52.1 Å². The maximum atomic E-state index is 5.30.